The Morgan fingerprint density at radius 3 is 2.15 bits per heavy atom. The largest absolute Gasteiger partial charge is 0.390 e. The lowest BCUT2D eigenvalue weighted by Crippen LogP contribution is -2.31. The first-order chi connectivity index (χ1) is 12.6. The summed E-state index contributed by atoms with van der Waals surface area (Å²) in [5, 5.41) is 13.1. The van der Waals surface area contributed by atoms with Gasteiger partial charge in [-0.05, 0) is 42.5 Å². The fourth-order valence-electron chi connectivity index (χ4n) is 2.67. The highest BCUT2D eigenvalue weighted by molar-refractivity contribution is 7.92. The fraction of sp³-hybridized carbons (Fsp3) is 0.250. The van der Waals surface area contributed by atoms with Crippen molar-refractivity contribution in [1.82, 2.24) is 0 Å². The van der Waals surface area contributed by atoms with Crippen LogP contribution in [0.1, 0.15) is 0 Å². The van der Waals surface area contributed by atoms with Gasteiger partial charge in [-0.15, -0.1) is 0 Å². The molecule has 3 rings (SSSR count). The van der Waals surface area contributed by atoms with Gasteiger partial charge in [0.25, 0.3) is 10.0 Å². The minimum Gasteiger partial charge on any atom is -0.390 e. The van der Waals surface area contributed by atoms with Crippen LogP contribution in [0.4, 0.5) is 11.4 Å². The van der Waals surface area contributed by atoms with Crippen molar-refractivity contribution in [3.05, 3.63) is 52.5 Å². The van der Waals surface area contributed by atoms with Crippen molar-refractivity contribution in [2.24, 2.45) is 0 Å². The molecule has 0 radical (unpaired) electrons. The molecule has 1 fully saturated rings. The number of anilines is 2. The Kier molecular flexibility index (Phi) is 5.60. The summed E-state index contributed by atoms with van der Waals surface area (Å²) in [6.07, 6.45) is -0.983. The predicted octanol–water partition coefficient (Wildman–Crippen LogP) is 2.36. The Balaban J connectivity index is 1.71. The Labute approximate surface area is 167 Å². The van der Waals surface area contributed by atoms with Crippen LogP contribution in [0.15, 0.2) is 47.4 Å². The zero-order chi connectivity index (χ0) is 19.8. The van der Waals surface area contributed by atoms with Gasteiger partial charge in [-0.2, -0.15) is 0 Å². The molecule has 27 heavy (non-hydrogen) atoms. The van der Waals surface area contributed by atoms with Gasteiger partial charge < -0.3 is 10.4 Å². The monoisotopic (exact) mass is 450 g/mol. The highest BCUT2D eigenvalue weighted by Gasteiger charge is 2.36. The van der Waals surface area contributed by atoms with Gasteiger partial charge >= 0.3 is 0 Å². The van der Waals surface area contributed by atoms with Crippen molar-refractivity contribution in [3.8, 4) is 0 Å². The minimum absolute atomic E-state index is 0.0293. The highest BCUT2D eigenvalue weighted by Crippen LogP contribution is 2.26. The van der Waals surface area contributed by atoms with E-state index in [9.17, 15) is 21.9 Å². The number of benzene rings is 2. The molecule has 0 spiro atoms. The standard InChI is InChI=1S/C16H16Cl2N2O5S2/c17-13-6-5-12(7-14(13)18)27(24,25)20-11-3-1-10(2-4-11)19-15-8-26(22,23)9-16(15)21/h1-7,15-16,19-21H,8-9H2/t15-,16-/m1/s1. The third-order valence-corrected chi connectivity index (χ3v) is 7.85. The van der Waals surface area contributed by atoms with Crippen LogP contribution in [0.5, 0.6) is 0 Å². The lowest BCUT2D eigenvalue weighted by Gasteiger charge is -2.16. The number of rotatable bonds is 5. The van der Waals surface area contributed by atoms with Crippen LogP contribution in [0.2, 0.25) is 10.0 Å². The molecule has 2 aromatic rings. The molecule has 1 aliphatic rings. The Morgan fingerprint density at radius 2 is 1.59 bits per heavy atom. The van der Waals surface area contributed by atoms with E-state index in [-0.39, 0.29) is 26.4 Å². The maximum Gasteiger partial charge on any atom is 0.261 e. The summed E-state index contributed by atoms with van der Waals surface area (Å²) in [5.41, 5.74) is 0.875. The molecule has 146 valence electrons. The molecule has 3 N–H and O–H groups in total. The van der Waals surface area contributed by atoms with Crippen LogP contribution < -0.4 is 10.0 Å². The van der Waals surface area contributed by atoms with E-state index in [1.165, 1.54) is 30.3 Å². The number of aliphatic hydroxyl groups is 1. The van der Waals surface area contributed by atoms with Crippen molar-refractivity contribution in [3.63, 3.8) is 0 Å². The smallest absolute Gasteiger partial charge is 0.261 e. The number of aliphatic hydroxyl groups excluding tert-OH is 1. The van der Waals surface area contributed by atoms with E-state index in [0.717, 1.165) is 0 Å². The third-order valence-electron chi connectivity index (χ3n) is 4.01. The maximum atomic E-state index is 12.4. The van der Waals surface area contributed by atoms with Crippen LogP contribution in [-0.4, -0.2) is 45.6 Å². The van der Waals surface area contributed by atoms with Gasteiger partial charge in [0.1, 0.15) is 0 Å². The minimum atomic E-state index is -3.84. The van der Waals surface area contributed by atoms with Crippen molar-refractivity contribution >= 4 is 54.4 Å². The van der Waals surface area contributed by atoms with Crippen molar-refractivity contribution in [2.75, 3.05) is 21.5 Å². The molecule has 0 amide bonds. The summed E-state index contributed by atoms with van der Waals surface area (Å²) >= 11 is 11.7. The van der Waals surface area contributed by atoms with Crippen LogP contribution in [0, 0.1) is 0 Å². The first kappa shape index (κ1) is 20.2. The van der Waals surface area contributed by atoms with E-state index >= 15 is 0 Å². The van der Waals surface area contributed by atoms with Gasteiger partial charge in [0.05, 0.1) is 38.6 Å². The van der Waals surface area contributed by atoms with Crippen LogP contribution >= 0.6 is 23.2 Å². The SMILES string of the molecule is O=S1(=O)C[C@@H](O)[C@H](Nc2ccc(NS(=O)(=O)c3ccc(Cl)c(Cl)c3)cc2)C1. The first-order valence-electron chi connectivity index (χ1n) is 7.79. The van der Waals surface area contributed by atoms with E-state index < -0.39 is 32.0 Å². The van der Waals surface area contributed by atoms with Crippen LogP contribution in [0.3, 0.4) is 0 Å². The van der Waals surface area contributed by atoms with Gasteiger partial charge in [0.2, 0.25) is 0 Å². The molecule has 0 bridgehead atoms. The van der Waals surface area contributed by atoms with Crippen molar-refractivity contribution in [2.45, 2.75) is 17.0 Å². The number of sulfonamides is 1. The van der Waals surface area contributed by atoms with Gasteiger partial charge in [-0.25, -0.2) is 16.8 Å². The second-order valence-corrected chi connectivity index (χ2v) is 10.8. The van der Waals surface area contributed by atoms with E-state index in [2.05, 4.69) is 10.0 Å². The molecule has 0 aromatic heterocycles. The summed E-state index contributed by atoms with van der Waals surface area (Å²) < 4.78 is 50.3. The number of halogens is 2. The molecule has 2 aromatic carbocycles. The number of sulfone groups is 1. The third kappa shape index (κ3) is 4.85. The molecular formula is C16H16Cl2N2O5S2. The predicted molar refractivity (Wildman–Crippen MR) is 106 cm³/mol. The zero-order valence-corrected chi connectivity index (χ0v) is 16.9. The summed E-state index contributed by atoms with van der Waals surface area (Å²) in [6.45, 7) is 0. The molecule has 7 nitrogen and oxygen atoms in total. The summed E-state index contributed by atoms with van der Waals surface area (Å²) in [6, 6.07) is 9.61. The average Bonchev–Trinajstić information content (AvgIpc) is 2.83. The Morgan fingerprint density at radius 1 is 0.963 bits per heavy atom. The van der Waals surface area contributed by atoms with E-state index in [1.54, 1.807) is 12.1 Å². The zero-order valence-electron chi connectivity index (χ0n) is 13.8. The average molecular weight is 451 g/mol. The van der Waals surface area contributed by atoms with Crippen molar-refractivity contribution < 1.29 is 21.9 Å². The van der Waals surface area contributed by atoms with E-state index in [4.69, 9.17) is 23.2 Å². The lowest BCUT2D eigenvalue weighted by atomic mass is 10.2. The van der Waals surface area contributed by atoms with E-state index in [0.29, 0.717) is 11.4 Å². The normalized spacial score (nSPS) is 21.7. The second kappa shape index (κ2) is 7.48. The Bertz CT molecular complexity index is 1060. The molecular weight excluding hydrogens is 435 g/mol. The van der Waals surface area contributed by atoms with Gasteiger partial charge in [-0.1, -0.05) is 23.2 Å². The molecule has 0 saturated carbocycles. The molecule has 1 saturated heterocycles. The van der Waals surface area contributed by atoms with Gasteiger partial charge in [0, 0.05) is 11.4 Å². The molecule has 0 unspecified atom stereocenters. The topological polar surface area (TPSA) is 113 Å². The summed E-state index contributed by atoms with van der Waals surface area (Å²) in [4.78, 5) is -0.0293. The molecule has 11 heteroatoms. The van der Waals surface area contributed by atoms with E-state index in [1.807, 2.05) is 0 Å². The highest BCUT2D eigenvalue weighted by atomic mass is 35.5. The Hall–Kier alpha value is -1.52. The summed E-state index contributed by atoms with van der Waals surface area (Å²) in [7, 11) is -7.10. The quantitative estimate of drug-likeness (QED) is 0.644. The maximum absolute atomic E-state index is 12.4. The first-order valence-corrected chi connectivity index (χ1v) is 11.8. The van der Waals surface area contributed by atoms with Gasteiger partial charge in [-0.3, -0.25) is 4.72 Å². The lowest BCUT2D eigenvalue weighted by molar-refractivity contribution is 0.190. The number of nitrogens with one attached hydrogen (secondary N) is 2. The molecule has 1 aliphatic heterocycles. The molecule has 2 atom stereocenters. The number of hydrogen-bond donors (Lipinski definition) is 3. The van der Waals surface area contributed by atoms with Gasteiger partial charge in [0.15, 0.2) is 9.84 Å². The fourth-order valence-corrected chi connectivity index (χ4v) is 5.86. The second-order valence-electron chi connectivity index (χ2n) is 6.15. The number of hydrogen-bond acceptors (Lipinski definition) is 6. The molecule has 0 aliphatic carbocycles. The summed E-state index contributed by atoms with van der Waals surface area (Å²) in [5.74, 6) is -0.425. The van der Waals surface area contributed by atoms with Crippen LogP contribution in [0.25, 0.3) is 0 Å². The van der Waals surface area contributed by atoms with Crippen molar-refractivity contribution in [1.29, 1.82) is 0 Å². The van der Waals surface area contributed by atoms with Crippen LogP contribution in [-0.2, 0) is 19.9 Å². The molecule has 1 heterocycles.